The Hall–Kier alpha value is -2.55. The number of carbonyl (C=O) groups is 1. The number of aromatic nitrogens is 2. The van der Waals surface area contributed by atoms with Gasteiger partial charge in [0.1, 0.15) is 23.2 Å². The molecular weight excluding hydrogens is 220 g/mol. The molecule has 0 aliphatic heterocycles. The Bertz CT molecular complexity index is 603. The molecule has 0 fully saturated rings. The van der Waals surface area contributed by atoms with Crippen molar-refractivity contribution in [1.29, 1.82) is 5.26 Å². The van der Waals surface area contributed by atoms with Crippen molar-refractivity contribution in [2.24, 2.45) is 7.05 Å². The highest BCUT2D eigenvalue weighted by Gasteiger charge is 2.15. The normalized spacial score (nSPS) is 9.94. The lowest BCUT2D eigenvalue weighted by Gasteiger charge is -2.04. The fourth-order valence-corrected chi connectivity index (χ4v) is 1.46. The summed E-state index contributed by atoms with van der Waals surface area (Å²) in [5.74, 6) is 0.581. The van der Waals surface area contributed by atoms with Crippen molar-refractivity contribution in [2.45, 2.75) is 6.92 Å². The van der Waals surface area contributed by atoms with E-state index in [0.717, 1.165) is 0 Å². The van der Waals surface area contributed by atoms with Gasteiger partial charge in [0.15, 0.2) is 0 Å². The van der Waals surface area contributed by atoms with Crippen LogP contribution in [0.3, 0.4) is 0 Å². The van der Waals surface area contributed by atoms with Gasteiger partial charge in [-0.3, -0.25) is 9.48 Å². The van der Waals surface area contributed by atoms with Gasteiger partial charge in [-0.15, -0.1) is 0 Å². The molecule has 17 heavy (non-hydrogen) atoms. The lowest BCUT2D eigenvalue weighted by atomic mass is 10.2. The van der Waals surface area contributed by atoms with Gasteiger partial charge in [-0.25, -0.2) is 0 Å². The van der Waals surface area contributed by atoms with Crippen molar-refractivity contribution in [3.8, 4) is 6.07 Å². The average molecular weight is 230 g/mol. The number of hydrogen-bond donors (Lipinski definition) is 1. The van der Waals surface area contributed by atoms with E-state index in [2.05, 4.69) is 10.4 Å². The second-order valence-electron chi connectivity index (χ2n) is 3.49. The van der Waals surface area contributed by atoms with Gasteiger partial charge in [0.2, 0.25) is 0 Å². The third-order valence-corrected chi connectivity index (χ3v) is 2.39. The van der Waals surface area contributed by atoms with E-state index in [1.165, 1.54) is 17.1 Å². The van der Waals surface area contributed by atoms with Crippen LogP contribution < -0.4 is 5.32 Å². The molecule has 0 bridgehead atoms. The van der Waals surface area contributed by atoms with Gasteiger partial charge in [-0.2, -0.15) is 10.4 Å². The van der Waals surface area contributed by atoms with E-state index >= 15 is 0 Å². The number of amides is 1. The number of carbonyl (C=O) groups excluding carboxylic acids is 1. The fraction of sp³-hybridized carbons (Fsp3) is 0.182. The van der Waals surface area contributed by atoms with Crippen molar-refractivity contribution >= 4 is 11.7 Å². The van der Waals surface area contributed by atoms with E-state index < -0.39 is 0 Å². The number of nitrogens with one attached hydrogen (secondary N) is 1. The summed E-state index contributed by atoms with van der Waals surface area (Å²) in [4.78, 5) is 11.9. The molecule has 2 heterocycles. The smallest absolute Gasteiger partial charge is 0.260 e. The van der Waals surface area contributed by atoms with E-state index in [1.54, 1.807) is 20.0 Å². The maximum absolute atomic E-state index is 11.9. The van der Waals surface area contributed by atoms with Crippen molar-refractivity contribution in [3.63, 3.8) is 0 Å². The molecular formula is C11H10N4O2. The predicted octanol–water partition coefficient (Wildman–Crippen LogP) is 1.45. The Morgan fingerprint density at radius 1 is 1.65 bits per heavy atom. The molecule has 0 unspecified atom stereocenters. The molecule has 1 N–H and O–H groups in total. The molecule has 0 aliphatic rings. The first-order valence-corrected chi connectivity index (χ1v) is 4.91. The van der Waals surface area contributed by atoms with Crippen LogP contribution in [0.1, 0.15) is 21.7 Å². The molecule has 6 heteroatoms. The van der Waals surface area contributed by atoms with E-state index in [4.69, 9.17) is 9.68 Å². The van der Waals surface area contributed by atoms with Crippen LogP contribution >= 0.6 is 0 Å². The molecule has 2 aromatic heterocycles. The van der Waals surface area contributed by atoms with Crippen LogP contribution in [-0.4, -0.2) is 15.7 Å². The number of furan rings is 1. The first kappa shape index (κ1) is 11.0. The molecule has 0 aromatic carbocycles. The highest BCUT2D eigenvalue weighted by molar-refractivity contribution is 6.05. The summed E-state index contributed by atoms with van der Waals surface area (Å²) in [6.07, 6.45) is 2.84. The monoisotopic (exact) mass is 230 g/mol. The van der Waals surface area contributed by atoms with Crippen molar-refractivity contribution in [2.75, 3.05) is 5.32 Å². The largest absolute Gasteiger partial charge is 0.469 e. The maximum atomic E-state index is 11.9. The van der Waals surface area contributed by atoms with Gasteiger partial charge >= 0.3 is 0 Å². The van der Waals surface area contributed by atoms with E-state index in [0.29, 0.717) is 22.7 Å². The number of rotatable bonds is 2. The van der Waals surface area contributed by atoms with Crippen LogP contribution in [0, 0.1) is 18.3 Å². The minimum absolute atomic E-state index is 0.321. The first-order chi connectivity index (χ1) is 8.13. The molecule has 2 aromatic rings. The molecule has 0 radical (unpaired) electrons. The summed E-state index contributed by atoms with van der Waals surface area (Å²) in [6.45, 7) is 1.70. The molecule has 0 atom stereocenters. The predicted molar refractivity (Wildman–Crippen MR) is 59.3 cm³/mol. The van der Waals surface area contributed by atoms with Crippen LogP contribution in [0.2, 0.25) is 0 Å². The second kappa shape index (κ2) is 4.14. The van der Waals surface area contributed by atoms with Crippen molar-refractivity contribution in [3.05, 3.63) is 35.4 Å². The quantitative estimate of drug-likeness (QED) is 0.846. The van der Waals surface area contributed by atoms with Crippen LogP contribution in [0.5, 0.6) is 0 Å². The number of nitrogens with zero attached hydrogens (tertiary/aromatic N) is 3. The van der Waals surface area contributed by atoms with Crippen LogP contribution in [0.4, 0.5) is 5.82 Å². The van der Waals surface area contributed by atoms with Crippen LogP contribution in [0.25, 0.3) is 0 Å². The Kier molecular flexibility index (Phi) is 2.66. The Labute approximate surface area is 97.5 Å². The van der Waals surface area contributed by atoms with Gasteiger partial charge in [0.05, 0.1) is 18.0 Å². The Morgan fingerprint density at radius 2 is 2.41 bits per heavy atom. The summed E-state index contributed by atoms with van der Waals surface area (Å²) in [5, 5.41) is 15.4. The van der Waals surface area contributed by atoms with E-state index in [-0.39, 0.29) is 5.91 Å². The summed E-state index contributed by atoms with van der Waals surface area (Å²) < 4.78 is 6.48. The molecule has 0 aliphatic carbocycles. The molecule has 0 saturated carbocycles. The van der Waals surface area contributed by atoms with Gasteiger partial charge in [0.25, 0.3) is 5.91 Å². The highest BCUT2D eigenvalue weighted by atomic mass is 16.3. The topological polar surface area (TPSA) is 83.8 Å². The zero-order valence-corrected chi connectivity index (χ0v) is 9.39. The molecule has 86 valence electrons. The zero-order valence-electron chi connectivity index (χ0n) is 9.39. The Balaban J connectivity index is 2.28. The summed E-state index contributed by atoms with van der Waals surface area (Å²) in [7, 11) is 1.65. The minimum Gasteiger partial charge on any atom is -0.469 e. The lowest BCUT2D eigenvalue weighted by Crippen LogP contribution is -2.15. The second-order valence-corrected chi connectivity index (χ2v) is 3.49. The molecule has 1 amide bonds. The number of nitriles is 1. The lowest BCUT2D eigenvalue weighted by molar-refractivity contribution is 0.102. The van der Waals surface area contributed by atoms with Crippen molar-refractivity contribution in [1.82, 2.24) is 9.78 Å². The van der Waals surface area contributed by atoms with Crippen molar-refractivity contribution < 1.29 is 9.21 Å². The SMILES string of the molecule is Cc1occc1C(=O)Nc1c(C#N)cnn1C. The molecule has 6 nitrogen and oxygen atoms in total. The first-order valence-electron chi connectivity index (χ1n) is 4.91. The number of hydrogen-bond acceptors (Lipinski definition) is 4. The van der Waals surface area contributed by atoms with Crippen LogP contribution in [0.15, 0.2) is 22.9 Å². The Morgan fingerprint density at radius 3 is 3.00 bits per heavy atom. The summed E-state index contributed by atoms with van der Waals surface area (Å²) >= 11 is 0. The average Bonchev–Trinajstić information content (AvgIpc) is 2.87. The summed E-state index contributed by atoms with van der Waals surface area (Å²) in [6, 6.07) is 3.54. The molecule has 0 spiro atoms. The zero-order chi connectivity index (χ0) is 12.4. The van der Waals surface area contributed by atoms with Crippen LogP contribution in [-0.2, 0) is 7.05 Å². The molecule has 2 rings (SSSR count). The minimum atomic E-state index is -0.323. The third kappa shape index (κ3) is 1.90. The third-order valence-electron chi connectivity index (χ3n) is 2.39. The van der Waals surface area contributed by atoms with Gasteiger partial charge < -0.3 is 9.73 Å². The van der Waals surface area contributed by atoms with Gasteiger partial charge in [-0.1, -0.05) is 0 Å². The highest BCUT2D eigenvalue weighted by Crippen LogP contribution is 2.16. The standard InChI is InChI=1S/C11H10N4O2/c1-7-9(3-4-17-7)11(16)14-10-8(5-12)6-13-15(10)2/h3-4,6H,1-2H3,(H,14,16). The number of aryl methyl sites for hydroxylation is 2. The molecule has 0 saturated heterocycles. The number of anilines is 1. The van der Waals surface area contributed by atoms with E-state index in [1.807, 2.05) is 6.07 Å². The van der Waals surface area contributed by atoms with Gasteiger partial charge in [0, 0.05) is 7.05 Å². The summed E-state index contributed by atoms with van der Waals surface area (Å²) in [5.41, 5.74) is 0.761. The fourth-order valence-electron chi connectivity index (χ4n) is 1.46. The van der Waals surface area contributed by atoms with E-state index in [9.17, 15) is 4.79 Å². The van der Waals surface area contributed by atoms with Gasteiger partial charge in [-0.05, 0) is 13.0 Å². The maximum Gasteiger partial charge on any atom is 0.260 e.